The second-order valence-electron chi connectivity index (χ2n) is 6.05. The van der Waals surface area contributed by atoms with E-state index in [1.54, 1.807) is 0 Å². The van der Waals surface area contributed by atoms with Gasteiger partial charge in [-0.3, -0.25) is 10.1 Å². The summed E-state index contributed by atoms with van der Waals surface area (Å²) in [5.74, 6) is -3.67. The molecule has 12 heteroatoms. The van der Waals surface area contributed by atoms with E-state index in [0.717, 1.165) is 18.2 Å². The first-order valence-corrected chi connectivity index (χ1v) is 10.3. The third-order valence-corrected chi connectivity index (χ3v) is 5.56. The number of carbonyl (C=O) groups excluding carboxylic acids is 2. The first-order chi connectivity index (χ1) is 15.1. The number of amides is 3. The van der Waals surface area contributed by atoms with Crippen molar-refractivity contribution in [2.75, 3.05) is 5.32 Å². The molecule has 3 amide bonds. The van der Waals surface area contributed by atoms with Crippen LogP contribution in [0.5, 0.6) is 11.5 Å². The molecule has 0 saturated carbocycles. The van der Waals surface area contributed by atoms with Gasteiger partial charge >= 0.3 is 6.03 Å². The fourth-order valence-electron chi connectivity index (χ4n) is 2.43. The minimum atomic E-state index is -1.40. The van der Waals surface area contributed by atoms with Gasteiger partial charge in [0.1, 0.15) is 10.8 Å². The van der Waals surface area contributed by atoms with Crippen LogP contribution >= 0.6 is 58.0 Å². The smallest absolute Gasteiger partial charge is 0.326 e. The van der Waals surface area contributed by atoms with Crippen molar-refractivity contribution >= 4 is 75.6 Å². The van der Waals surface area contributed by atoms with E-state index in [4.69, 9.17) is 62.7 Å². The van der Waals surface area contributed by atoms with Gasteiger partial charge in [-0.1, -0.05) is 64.1 Å². The largest absolute Gasteiger partial charge is 0.453 e. The number of halogens is 7. The highest BCUT2D eigenvalue weighted by Gasteiger charge is 2.21. The van der Waals surface area contributed by atoms with Crippen molar-refractivity contribution in [1.29, 1.82) is 0 Å². The highest BCUT2D eigenvalue weighted by molar-refractivity contribution is 6.47. The zero-order valence-corrected chi connectivity index (χ0v) is 19.2. The van der Waals surface area contributed by atoms with Crippen molar-refractivity contribution in [2.24, 2.45) is 0 Å². The van der Waals surface area contributed by atoms with Gasteiger partial charge in [-0.25, -0.2) is 13.6 Å². The molecule has 0 unspecified atom stereocenters. The zero-order chi connectivity index (χ0) is 23.6. The molecule has 0 aromatic heterocycles. The standard InChI is InChI=1S/C20H9Cl5F2N2O3/c21-8-4-5-14(10(22)6-8)32-18-11(23)7-13(15(24)16(18)25)28-20(31)29-19(30)9-2-1-3-12(26)17(9)27/h1-7H,(H2,28,29,30,31). The molecule has 166 valence electrons. The van der Waals surface area contributed by atoms with Gasteiger partial charge in [-0.05, 0) is 36.4 Å². The van der Waals surface area contributed by atoms with Crippen LogP contribution in [-0.2, 0) is 0 Å². The van der Waals surface area contributed by atoms with Crippen molar-refractivity contribution in [2.45, 2.75) is 0 Å². The Hall–Kier alpha value is -2.29. The SMILES string of the molecule is O=C(NC(=O)c1cccc(F)c1F)Nc1cc(Cl)c(Oc2ccc(Cl)cc2Cl)c(Cl)c1Cl. The molecule has 0 saturated heterocycles. The lowest BCUT2D eigenvalue weighted by molar-refractivity contribution is 0.0962. The van der Waals surface area contributed by atoms with Crippen molar-refractivity contribution in [3.63, 3.8) is 0 Å². The second-order valence-corrected chi connectivity index (χ2v) is 8.06. The molecule has 3 aromatic rings. The number of hydrogen-bond acceptors (Lipinski definition) is 3. The molecule has 0 bridgehead atoms. The number of carbonyl (C=O) groups is 2. The van der Waals surface area contributed by atoms with Gasteiger partial charge in [0.2, 0.25) is 0 Å². The van der Waals surface area contributed by atoms with Crippen LogP contribution < -0.4 is 15.4 Å². The molecule has 32 heavy (non-hydrogen) atoms. The molecular weight excluding hydrogens is 531 g/mol. The first-order valence-electron chi connectivity index (χ1n) is 8.45. The molecule has 0 radical (unpaired) electrons. The molecule has 3 rings (SSSR count). The van der Waals surface area contributed by atoms with Crippen LogP contribution in [0.4, 0.5) is 19.3 Å². The lowest BCUT2D eigenvalue weighted by Crippen LogP contribution is -2.35. The normalized spacial score (nSPS) is 10.6. The third kappa shape index (κ3) is 5.36. The van der Waals surface area contributed by atoms with Crippen LogP contribution in [0.2, 0.25) is 25.1 Å². The van der Waals surface area contributed by atoms with Crippen molar-refractivity contribution in [3.05, 3.63) is 84.8 Å². The summed E-state index contributed by atoms with van der Waals surface area (Å²) in [6, 6.07) is 7.54. The number of hydrogen-bond donors (Lipinski definition) is 2. The minimum absolute atomic E-state index is 0.0496. The summed E-state index contributed by atoms with van der Waals surface area (Å²) in [4.78, 5) is 24.2. The Kier molecular flexibility index (Phi) is 7.69. The van der Waals surface area contributed by atoms with Crippen LogP contribution in [0.25, 0.3) is 0 Å². The minimum Gasteiger partial charge on any atom is -0.453 e. The summed E-state index contributed by atoms with van der Waals surface area (Å²) in [5, 5.41) is 4.28. The number of benzene rings is 3. The van der Waals surface area contributed by atoms with E-state index >= 15 is 0 Å². The Morgan fingerprint density at radius 3 is 2.28 bits per heavy atom. The van der Waals surface area contributed by atoms with Crippen molar-refractivity contribution in [3.8, 4) is 11.5 Å². The lowest BCUT2D eigenvalue weighted by Gasteiger charge is -2.15. The van der Waals surface area contributed by atoms with Gasteiger partial charge in [0.15, 0.2) is 17.4 Å². The summed E-state index contributed by atoms with van der Waals surface area (Å²) in [7, 11) is 0. The van der Waals surface area contributed by atoms with Gasteiger partial charge in [0.05, 0.1) is 26.3 Å². The van der Waals surface area contributed by atoms with Crippen LogP contribution in [0, 0.1) is 11.6 Å². The number of rotatable bonds is 4. The maximum Gasteiger partial charge on any atom is 0.326 e. The number of imide groups is 1. The lowest BCUT2D eigenvalue weighted by atomic mass is 10.2. The summed E-state index contributed by atoms with van der Waals surface area (Å²) >= 11 is 30.5. The summed E-state index contributed by atoms with van der Waals surface area (Å²) < 4.78 is 32.6. The van der Waals surface area contributed by atoms with E-state index < -0.39 is 29.1 Å². The van der Waals surface area contributed by atoms with Gasteiger partial charge in [-0.15, -0.1) is 0 Å². The van der Waals surface area contributed by atoms with Gasteiger partial charge in [0.25, 0.3) is 5.91 Å². The molecule has 0 aliphatic carbocycles. The molecule has 5 nitrogen and oxygen atoms in total. The maximum atomic E-state index is 13.7. The fourth-order valence-corrected chi connectivity index (χ4v) is 3.60. The summed E-state index contributed by atoms with van der Waals surface area (Å²) in [5.41, 5.74) is -0.743. The van der Waals surface area contributed by atoms with Crippen molar-refractivity contribution < 1.29 is 23.1 Å². The Labute approximate surface area is 205 Å². The maximum absolute atomic E-state index is 13.7. The third-order valence-electron chi connectivity index (χ3n) is 3.89. The summed E-state index contributed by atoms with van der Waals surface area (Å²) in [6.45, 7) is 0. The zero-order valence-electron chi connectivity index (χ0n) is 15.4. The molecule has 0 heterocycles. The van der Waals surface area contributed by atoms with E-state index in [1.165, 1.54) is 24.3 Å². The first kappa shape index (κ1) is 24.4. The fraction of sp³-hybridized carbons (Fsp3) is 0. The van der Waals surface area contributed by atoms with Gasteiger partial charge < -0.3 is 10.1 Å². The monoisotopic (exact) mass is 538 g/mol. The second kappa shape index (κ2) is 10.1. The Morgan fingerprint density at radius 1 is 0.875 bits per heavy atom. The average Bonchev–Trinajstić information content (AvgIpc) is 2.72. The van der Waals surface area contributed by atoms with E-state index in [9.17, 15) is 18.4 Å². The van der Waals surface area contributed by atoms with Crippen LogP contribution in [0.15, 0.2) is 42.5 Å². The number of urea groups is 1. The summed E-state index contributed by atoms with van der Waals surface area (Å²) in [6.07, 6.45) is 0. The highest BCUT2D eigenvalue weighted by atomic mass is 35.5. The molecule has 3 aromatic carbocycles. The van der Waals surface area contributed by atoms with E-state index in [2.05, 4.69) is 5.32 Å². The predicted octanol–water partition coefficient (Wildman–Crippen LogP) is 7.99. The van der Waals surface area contributed by atoms with Crippen LogP contribution in [-0.4, -0.2) is 11.9 Å². The molecule has 2 N–H and O–H groups in total. The van der Waals surface area contributed by atoms with E-state index in [0.29, 0.717) is 5.02 Å². The Morgan fingerprint density at radius 2 is 1.59 bits per heavy atom. The number of ether oxygens (including phenoxy) is 1. The quantitative estimate of drug-likeness (QED) is 0.330. The highest BCUT2D eigenvalue weighted by Crippen LogP contribution is 2.46. The van der Waals surface area contributed by atoms with Gasteiger partial charge in [0, 0.05) is 5.02 Å². The molecule has 0 atom stereocenters. The molecule has 0 aliphatic rings. The Bertz CT molecular complexity index is 1240. The average molecular weight is 541 g/mol. The van der Waals surface area contributed by atoms with Crippen LogP contribution in [0.3, 0.4) is 0 Å². The number of anilines is 1. The topological polar surface area (TPSA) is 67.4 Å². The molecule has 0 fully saturated rings. The van der Waals surface area contributed by atoms with E-state index in [-0.39, 0.29) is 37.3 Å². The molecular formula is C20H9Cl5F2N2O3. The van der Waals surface area contributed by atoms with Crippen LogP contribution in [0.1, 0.15) is 10.4 Å². The Balaban J connectivity index is 1.79. The van der Waals surface area contributed by atoms with Crippen molar-refractivity contribution in [1.82, 2.24) is 5.32 Å². The molecule has 0 spiro atoms. The predicted molar refractivity (Wildman–Crippen MR) is 121 cm³/mol. The molecule has 0 aliphatic heterocycles. The van der Waals surface area contributed by atoms with E-state index in [1.807, 2.05) is 5.32 Å². The van der Waals surface area contributed by atoms with Gasteiger partial charge in [-0.2, -0.15) is 0 Å². The number of nitrogens with one attached hydrogen (secondary N) is 2.